The summed E-state index contributed by atoms with van der Waals surface area (Å²) in [5.74, 6) is -0.604. The number of carbonyl (C=O) groups is 1. The molecule has 138 valence electrons. The van der Waals surface area contributed by atoms with E-state index in [-0.39, 0.29) is 24.7 Å². The molecule has 0 radical (unpaired) electrons. The molecule has 1 atom stereocenters. The van der Waals surface area contributed by atoms with E-state index in [0.29, 0.717) is 17.0 Å². The molecule has 1 aromatic carbocycles. The van der Waals surface area contributed by atoms with Gasteiger partial charge in [-0.15, -0.1) is 12.4 Å². The fourth-order valence-electron chi connectivity index (χ4n) is 2.52. The molecular weight excluding hydrogens is 359 g/mol. The lowest BCUT2D eigenvalue weighted by Gasteiger charge is -2.12. The molecule has 0 bridgehead atoms. The van der Waals surface area contributed by atoms with Crippen LogP contribution in [0.4, 0.5) is 13.2 Å². The Balaban J connectivity index is 0.00000312. The number of benzene rings is 1. The highest BCUT2D eigenvalue weighted by Crippen LogP contribution is 2.31. The predicted octanol–water partition coefficient (Wildman–Crippen LogP) is 3.49. The number of carbonyl (C=O) groups excluding carboxylic acids is 1. The van der Waals surface area contributed by atoms with Crippen molar-refractivity contribution in [2.45, 2.75) is 33.0 Å². The third-order valence-corrected chi connectivity index (χ3v) is 3.62. The molecule has 2 rings (SSSR count). The summed E-state index contributed by atoms with van der Waals surface area (Å²) in [7, 11) is 0. The average molecular weight is 378 g/mol. The van der Waals surface area contributed by atoms with E-state index in [0.717, 1.165) is 12.1 Å². The topological polar surface area (TPSA) is 70.1 Å². The van der Waals surface area contributed by atoms with Gasteiger partial charge in [-0.25, -0.2) is 9.48 Å². The van der Waals surface area contributed by atoms with Crippen LogP contribution in [0, 0.1) is 13.8 Å². The molecule has 1 aromatic heterocycles. The van der Waals surface area contributed by atoms with E-state index < -0.39 is 23.8 Å². The van der Waals surface area contributed by atoms with Gasteiger partial charge in [0.2, 0.25) is 0 Å². The van der Waals surface area contributed by atoms with Crippen molar-refractivity contribution in [2.75, 3.05) is 6.61 Å². The Morgan fingerprint density at radius 1 is 1.36 bits per heavy atom. The van der Waals surface area contributed by atoms with Crippen molar-refractivity contribution in [3.63, 3.8) is 0 Å². The SMILES string of the molecule is CCOC(=O)C(N)c1c(C)nn(-c2cccc(C(F)(F)F)c2)c1C.Cl. The van der Waals surface area contributed by atoms with Crippen molar-refractivity contribution in [2.24, 2.45) is 5.73 Å². The zero-order chi connectivity index (χ0) is 18.1. The number of nitrogens with two attached hydrogens (primary N) is 1. The van der Waals surface area contributed by atoms with Crippen LogP contribution in [0.1, 0.15) is 35.5 Å². The number of aryl methyl sites for hydroxylation is 1. The minimum atomic E-state index is -4.45. The monoisotopic (exact) mass is 377 g/mol. The number of rotatable bonds is 4. The van der Waals surface area contributed by atoms with Crippen LogP contribution < -0.4 is 5.73 Å². The molecule has 0 aliphatic carbocycles. The highest BCUT2D eigenvalue weighted by molar-refractivity contribution is 5.85. The van der Waals surface area contributed by atoms with Crippen LogP contribution in [0.5, 0.6) is 0 Å². The maximum atomic E-state index is 12.9. The third-order valence-electron chi connectivity index (χ3n) is 3.62. The zero-order valence-electron chi connectivity index (χ0n) is 13.9. The number of aromatic nitrogens is 2. The van der Waals surface area contributed by atoms with Crippen molar-refractivity contribution in [3.8, 4) is 5.69 Å². The molecule has 0 saturated carbocycles. The Kier molecular flexibility index (Phi) is 6.61. The number of esters is 1. The van der Waals surface area contributed by atoms with Crippen molar-refractivity contribution in [3.05, 3.63) is 46.8 Å². The first-order valence-corrected chi connectivity index (χ1v) is 7.32. The Labute approximate surface area is 149 Å². The van der Waals surface area contributed by atoms with Crippen molar-refractivity contribution < 1.29 is 22.7 Å². The first kappa shape index (κ1) is 21.0. The van der Waals surface area contributed by atoms with E-state index in [1.54, 1.807) is 20.8 Å². The maximum absolute atomic E-state index is 12.9. The lowest BCUT2D eigenvalue weighted by molar-refractivity contribution is -0.144. The zero-order valence-corrected chi connectivity index (χ0v) is 14.7. The van der Waals surface area contributed by atoms with Gasteiger partial charge in [-0.1, -0.05) is 6.07 Å². The molecule has 0 aliphatic heterocycles. The number of hydrogen-bond donors (Lipinski definition) is 1. The number of nitrogens with zero attached hydrogens (tertiary/aromatic N) is 2. The van der Waals surface area contributed by atoms with E-state index in [1.807, 2.05) is 0 Å². The quantitative estimate of drug-likeness (QED) is 0.828. The molecular formula is C16H19ClF3N3O2. The van der Waals surface area contributed by atoms with Crippen LogP contribution in [0.2, 0.25) is 0 Å². The highest BCUT2D eigenvalue weighted by Gasteiger charge is 2.31. The summed E-state index contributed by atoms with van der Waals surface area (Å²) in [6.07, 6.45) is -4.45. The molecule has 0 saturated heterocycles. The van der Waals surface area contributed by atoms with E-state index in [9.17, 15) is 18.0 Å². The van der Waals surface area contributed by atoms with E-state index in [4.69, 9.17) is 10.5 Å². The standard InChI is InChI=1S/C16H18F3N3O2.ClH/c1-4-24-15(23)14(20)13-9(2)21-22(10(13)3)12-7-5-6-11(8-12)16(17,18)19;/h5-8,14H,4,20H2,1-3H3;1H. The number of alkyl halides is 3. The molecule has 1 unspecified atom stereocenters. The van der Waals surface area contributed by atoms with Gasteiger partial charge in [0.1, 0.15) is 6.04 Å². The van der Waals surface area contributed by atoms with Crippen molar-refractivity contribution >= 4 is 18.4 Å². The molecule has 0 amide bonds. The second-order valence-corrected chi connectivity index (χ2v) is 5.27. The third kappa shape index (κ3) is 4.32. The normalized spacial score (nSPS) is 12.4. The first-order chi connectivity index (χ1) is 11.2. The van der Waals surface area contributed by atoms with Crippen LogP contribution in [-0.4, -0.2) is 22.4 Å². The molecule has 9 heteroatoms. The first-order valence-electron chi connectivity index (χ1n) is 7.32. The van der Waals surface area contributed by atoms with Gasteiger partial charge in [-0.05, 0) is 39.0 Å². The van der Waals surface area contributed by atoms with Crippen LogP contribution in [0.25, 0.3) is 5.69 Å². The molecule has 5 nitrogen and oxygen atoms in total. The average Bonchev–Trinajstić information content (AvgIpc) is 2.81. The summed E-state index contributed by atoms with van der Waals surface area (Å²) in [4.78, 5) is 11.8. The van der Waals surface area contributed by atoms with Crippen LogP contribution in [0.3, 0.4) is 0 Å². The molecule has 0 fully saturated rings. The maximum Gasteiger partial charge on any atom is 0.416 e. The lowest BCUT2D eigenvalue weighted by Crippen LogP contribution is -2.25. The Hall–Kier alpha value is -2.06. The van der Waals surface area contributed by atoms with Gasteiger partial charge in [-0.2, -0.15) is 18.3 Å². The van der Waals surface area contributed by atoms with Gasteiger partial charge in [-0.3, -0.25) is 0 Å². The highest BCUT2D eigenvalue weighted by atomic mass is 35.5. The molecule has 0 aliphatic rings. The second kappa shape index (κ2) is 7.88. The van der Waals surface area contributed by atoms with Crippen LogP contribution >= 0.6 is 12.4 Å². The number of halogens is 4. The summed E-state index contributed by atoms with van der Waals surface area (Å²) in [6.45, 7) is 5.14. The van der Waals surface area contributed by atoms with E-state index >= 15 is 0 Å². The van der Waals surface area contributed by atoms with Crippen LogP contribution in [-0.2, 0) is 15.7 Å². The van der Waals surface area contributed by atoms with Crippen molar-refractivity contribution in [1.29, 1.82) is 0 Å². The Morgan fingerprint density at radius 2 is 2.00 bits per heavy atom. The lowest BCUT2D eigenvalue weighted by atomic mass is 10.1. The summed E-state index contributed by atoms with van der Waals surface area (Å²) in [6, 6.07) is 3.76. The molecule has 25 heavy (non-hydrogen) atoms. The van der Waals surface area contributed by atoms with Gasteiger partial charge in [0.15, 0.2) is 0 Å². The molecule has 2 N–H and O–H groups in total. The van der Waals surface area contributed by atoms with Gasteiger partial charge in [0, 0.05) is 11.3 Å². The minimum Gasteiger partial charge on any atom is -0.465 e. The van der Waals surface area contributed by atoms with Gasteiger partial charge in [0.05, 0.1) is 23.6 Å². The number of ether oxygens (including phenoxy) is 1. The number of hydrogen-bond acceptors (Lipinski definition) is 4. The van der Waals surface area contributed by atoms with Gasteiger partial charge in [0.25, 0.3) is 0 Å². The second-order valence-electron chi connectivity index (χ2n) is 5.27. The fourth-order valence-corrected chi connectivity index (χ4v) is 2.52. The molecule has 1 heterocycles. The van der Waals surface area contributed by atoms with Gasteiger partial charge >= 0.3 is 12.1 Å². The smallest absolute Gasteiger partial charge is 0.416 e. The fraction of sp³-hybridized carbons (Fsp3) is 0.375. The minimum absolute atomic E-state index is 0. The summed E-state index contributed by atoms with van der Waals surface area (Å²) in [5, 5.41) is 4.23. The van der Waals surface area contributed by atoms with Crippen LogP contribution in [0.15, 0.2) is 24.3 Å². The van der Waals surface area contributed by atoms with Crippen molar-refractivity contribution in [1.82, 2.24) is 9.78 Å². The largest absolute Gasteiger partial charge is 0.465 e. The predicted molar refractivity (Wildman–Crippen MR) is 88.8 cm³/mol. The molecule has 0 spiro atoms. The summed E-state index contributed by atoms with van der Waals surface area (Å²) >= 11 is 0. The summed E-state index contributed by atoms with van der Waals surface area (Å²) < 4.78 is 44.9. The van der Waals surface area contributed by atoms with E-state index in [2.05, 4.69) is 5.10 Å². The molecule has 2 aromatic rings. The van der Waals surface area contributed by atoms with E-state index in [1.165, 1.54) is 16.8 Å². The Morgan fingerprint density at radius 3 is 2.56 bits per heavy atom. The Bertz CT molecular complexity index is 760. The summed E-state index contributed by atoms with van der Waals surface area (Å²) in [5.41, 5.74) is 6.78. The van der Waals surface area contributed by atoms with Gasteiger partial charge < -0.3 is 10.5 Å².